The third kappa shape index (κ3) is 2.71. The third-order valence-corrected chi connectivity index (χ3v) is 4.00. The molecule has 90 valence electrons. The number of aliphatic hydroxyl groups excluding tert-OH is 1. The summed E-state index contributed by atoms with van der Waals surface area (Å²) < 4.78 is 5.88. The fraction of sp³-hybridized carbons (Fsp3) is 0.818. The summed E-state index contributed by atoms with van der Waals surface area (Å²) in [5, 5.41) is 17.9. The second-order valence-corrected chi connectivity index (χ2v) is 5.25. The van der Waals surface area contributed by atoms with E-state index in [9.17, 15) is 0 Å². The first-order chi connectivity index (χ1) is 7.83. The zero-order valence-electron chi connectivity index (χ0n) is 9.56. The van der Waals surface area contributed by atoms with Crippen molar-refractivity contribution < 1.29 is 9.84 Å². The predicted octanol–water partition coefficient (Wildman–Crippen LogP) is 2.38. The van der Waals surface area contributed by atoms with Gasteiger partial charge in [0.05, 0.1) is 6.61 Å². The van der Waals surface area contributed by atoms with Crippen LogP contribution in [-0.2, 0) is 6.61 Å². The Morgan fingerprint density at radius 3 is 2.88 bits per heavy atom. The molecule has 2 atom stereocenters. The second-order valence-electron chi connectivity index (χ2n) is 4.23. The minimum Gasteiger partial charge on any atom is -0.465 e. The van der Waals surface area contributed by atoms with Crippen molar-refractivity contribution in [2.24, 2.45) is 5.92 Å². The minimum atomic E-state index is -0.0527. The Hall–Kier alpha value is -0.680. The molecular formula is C11H18N2O2S. The van der Waals surface area contributed by atoms with Gasteiger partial charge >= 0.3 is 0 Å². The highest BCUT2D eigenvalue weighted by molar-refractivity contribution is 7.13. The predicted molar refractivity (Wildman–Crippen MR) is 62.5 cm³/mol. The van der Waals surface area contributed by atoms with Crippen LogP contribution in [0.2, 0.25) is 0 Å². The molecule has 1 heterocycles. The maximum Gasteiger partial charge on any atom is 0.294 e. The maximum absolute atomic E-state index is 8.91. The van der Waals surface area contributed by atoms with E-state index in [1.165, 1.54) is 30.6 Å². The zero-order chi connectivity index (χ0) is 11.4. The second kappa shape index (κ2) is 5.59. The van der Waals surface area contributed by atoms with Crippen LogP contribution in [-0.4, -0.2) is 21.4 Å². The van der Waals surface area contributed by atoms with Gasteiger partial charge in [-0.15, -0.1) is 5.10 Å². The summed E-state index contributed by atoms with van der Waals surface area (Å²) in [6.45, 7) is 2.16. The topological polar surface area (TPSA) is 55.2 Å². The van der Waals surface area contributed by atoms with Gasteiger partial charge in [0, 0.05) is 0 Å². The van der Waals surface area contributed by atoms with Gasteiger partial charge in [-0.25, -0.2) is 0 Å². The van der Waals surface area contributed by atoms with Crippen LogP contribution in [0.25, 0.3) is 0 Å². The fourth-order valence-electron chi connectivity index (χ4n) is 2.28. The highest BCUT2D eigenvalue weighted by atomic mass is 32.1. The first kappa shape index (κ1) is 11.8. The quantitative estimate of drug-likeness (QED) is 0.880. The number of aliphatic hydroxyl groups is 1. The lowest BCUT2D eigenvalue weighted by Crippen LogP contribution is -2.29. The van der Waals surface area contributed by atoms with E-state index in [1.807, 2.05) is 0 Å². The molecule has 0 aromatic carbocycles. The molecule has 2 unspecified atom stereocenters. The van der Waals surface area contributed by atoms with Gasteiger partial charge in [0.1, 0.15) is 11.1 Å². The molecule has 2 rings (SSSR count). The van der Waals surface area contributed by atoms with Crippen LogP contribution < -0.4 is 4.74 Å². The summed E-state index contributed by atoms with van der Waals surface area (Å²) >= 11 is 1.34. The smallest absolute Gasteiger partial charge is 0.294 e. The summed E-state index contributed by atoms with van der Waals surface area (Å²) in [4.78, 5) is 0. The molecule has 0 amide bonds. The average Bonchev–Trinajstić information content (AvgIpc) is 2.77. The van der Waals surface area contributed by atoms with Crippen LogP contribution in [0.4, 0.5) is 0 Å². The van der Waals surface area contributed by atoms with Crippen LogP contribution in [0.1, 0.15) is 44.0 Å². The molecule has 16 heavy (non-hydrogen) atoms. The molecule has 1 aliphatic carbocycles. The lowest BCUT2D eigenvalue weighted by Gasteiger charge is -2.29. The molecule has 0 saturated heterocycles. The van der Waals surface area contributed by atoms with Crippen molar-refractivity contribution in [3.05, 3.63) is 5.01 Å². The Labute approximate surface area is 99.7 Å². The van der Waals surface area contributed by atoms with Gasteiger partial charge in [-0.3, -0.25) is 0 Å². The van der Waals surface area contributed by atoms with Crippen molar-refractivity contribution in [3.8, 4) is 5.19 Å². The maximum atomic E-state index is 8.91. The Morgan fingerprint density at radius 1 is 1.38 bits per heavy atom. The zero-order valence-corrected chi connectivity index (χ0v) is 10.4. The SMILES string of the molecule is CCC1CCCCC1Oc1nnc(CO)s1. The standard InChI is InChI=1S/C11H18N2O2S/c1-2-8-5-3-4-6-9(8)15-11-13-12-10(7-14)16-11/h8-9,14H,2-7H2,1H3. The Bertz CT molecular complexity index is 330. The highest BCUT2D eigenvalue weighted by Gasteiger charge is 2.26. The van der Waals surface area contributed by atoms with E-state index in [-0.39, 0.29) is 6.61 Å². The van der Waals surface area contributed by atoms with E-state index < -0.39 is 0 Å². The molecule has 0 aliphatic heterocycles. The van der Waals surface area contributed by atoms with E-state index in [4.69, 9.17) is 9.84 Å². The molecule has 0 radical (unpaired) electrons. The Balaban J connectivity index is 1.96. The third-order valence-electron chi connectivity index (χ3n) is 3.20. The molecule has 1 fully saturated rings. The molecular weight excluding hydrogens is 224 g/mol. The van der Waals surface area contributed by atoms with E-state index in [2.05, 4.69) is 17.1 Å². The van der Waals surface area contributed by atoms with Crippen molar-refractivity contribution in [1.29, 1.82) is 0 Å². The van der Waals surface area contributed by atoms with Crippen molar-refractivity contribution >= 4 is 11.3 Å². The van der Waals surface area contributed by atoms with E-state index in [0.29, 0.717) is 22.2 Å². The van der Waals surface area contributed by atoms with E-state index >= 15 is 0 Å². The lowest BCUT2D eigenvalue weighted by molar-refractivity contribution is 0.0893. The number of ether oxygens (including phenoxy) is 1. The summed E-state index contributed by atoms with van der Waals surface area (Å²) in [7, 11) is 0. The molecule has 0 spiro atoms. The van der Waals surface area contributed by atoms with Crippen LogP contribution in [0.15, 0.2) is 0 Å². The van der Waals surface area contributed by atoms with Gasteiger partial charge in [-0.1, -0.05) is 29.8 Å². The van der Waals surface area contributed by atoms with Crippen LogP contribution in [0, 0.1) is 5.92 Å². The van der Waals surface area contributed by atoms with Crippen LogP contribution >= 0.6 is 11.3 Å². The Kier molecular flexibility index (Phi) is 4.12. The summed E-state index contributed by atoms with van der Waals surface area (Å²) in [6.07, 6.45) is 6.39. The molecule has 1 aliphatic rings. The largest absolute Gasteiger partial charge is 0.465 e. The normalized spacial score (nSPS) is 25.6. The molecule has 5 heteroatoms. The van der Waals surface area contributed by atoms with Crippen molar-refractivity contribution in [2.75, 3.05) is 0 Å². The molecule has 1 N–H and O–H groups in total. The summed E-state index contributed by atoms with van der Waals surface area (Å²) in [5.41, 5.74) is 0. The van der Waals surface area contributed by atoms with Crippen molar-refractivity contribution in [2.45, 2.75) is 51.7 Å². The van der Waals surface area contributed by atoms with Gasteiger partial charge in [0.15, 0.2) is 0 Å². The number of rotatable bonds is 4. The van der Waals surface area contributed by atoms with Crippen LogP contribution in [0.3, 0.4) is 0 Å². The van der Waals surface area contributed by atoms with E-state index in [1.54, 1.807) is 0 Å². The summed E-state index contributed by atoms with van der Waals surface area (Å²) in [6, 6.07) is 0. The first-order valence-electron chi connectivity index (χ1n) is 5.93. The van der Waals surface area contributed by atoms with Gasteiger partial charge in [0.2, 0.25) is 0 Å². The van der Waals surface area contributed by atoms with E-state index in [0.717, 1.165) is 12.8 Å². The van der Waals surface area contributed by atoms with Gasteiger partial charge in [-0.2, -0.15) is 0 Å². The number of nitrogens with zero attached hydrogens (tertiary/aromatic N) is 2. The molecule has 1 saturated carbocycles. The minimum absolute atomic E-state index is 0.0527. The van der Waals surface area contributed by atoms with Gasteiger partial charge in [0.25, 0.3) is 5.19 Å². The molecule has 4 nitrogen and oxygen atoms in total. The Morgan fingerprint density at radius 2 is 2.19 bits per heavy atom. The molecule has 1 aromatic rings. The van der Waals surface area contributed by atoms with Crippen molar-refractivity contribution in [3.63, 3.8) is 0 Å². The van der Waals surface area contributed by atoms with Crippen molar-refractivity contribution in [1.82, 2.24) is 10.2 Å². The van der Waals surface area contributed by atoms with Gasteiger partial charge < -0.3 is 9.84 Å². The monoisotopic (exact) mass is 242 g/mol. The first-order valence-corrected chi connectivity index (χ1v) is 6.75. The number of hydrogen-bond acceptors (Lipinski definition) is 5. The molecule has 0 bridgehead atoms. The summed E-state index contributed by atoms with van der Waals surface area (Å²) in [5.74, 6) is 0.648. The average molecular weight is 242 g/mol. The highest BCUT2D eigenvalue weighted by Crippen LogP contribution is 2.31. The van der Waals surface area contributed by atoms with Gasteiger partial charge in [-0.05, 0) is 31.6 Å². The fourth-order valence-corrected chi connectivity index (χ4v) is 2.88. The lowest BCUT2D eigenvalue weighted by atomic mass is 9.85. The number of aromatic nitrogens is 2. The van der Waals surface area contributed by atoms with Crippen LogP contribution in [0.5, 0.6) is 5.19 Å². The number of hydrogen-bond donors (Lipinski definition) is 1. The molecule has 1 aromatic heterocycles.